The molecular formula is C9H15OP. The summed E-state index contributed by atoms with van der Waals surface area (Å²) < 4.78 is 0. The van der Waals surface area contributed by atoms with Crippen LogP contribution in [0.5, 0.6) is 0 Å². The second-order valence-electron chi connectivity index (χ2n) is 3.33. The molecule has 1 nitrogen and oxygen atoms in total. The zero-order chi connectivity index (χ0) is 8.43. The first kappa shape index (κ1) is 8.93. The molecule has 1 unspecified atom stereocenters. The van der Waals surface area contributed by atoms with Crippen LogP contribution in [0.25, 0.3) is 0 Å². The van der Waals surface area contributed by atoms with Gasteiger partial charge < -0.3 is 0 Å². The molecule has 62 valence electrons. The van der Waals surface area contributed by atoms with Crippen molar-refractivity contribution in [2.24, 2.45) is 5.92 Å². The third-order valence-corrected chi connectivity index (χ3v) is 3.22. The Balaban J connectivity index is 2.62. The topological polar surface area (TPSA) is 17.1 Å². The Bertz CT molecular complexity index is 196. The molecule has 0 N–H and O–H groups in total. The first-order chi connectivity index (χ1) is 5.11. The molecule has 0 aromatic carbocycles. The van der Waals surface area contributed by atoms with Crippen LogP contribution in [0.2, 0.25) is 0 Å². The van der Waals surface area contributed by atoms with Crippen molar-refractivity contribution in [2.45, 2.75) is 32.3 Å². The molecule has 0 radical (unpaired) electrons. The maximum absolute atomic E-state index is 11.0. The predicted molar refractivity (Wildman–Crippen MR) is 50.7 cm³/mol. The van der Waals surface area contributed by atoms with Crippen LogP contribution in [0.1, 0.15) is 26.7 Å². The Labute approximate surface area is 70.5 Å². The predicted octanol–water partition coefficient (Wildman–Crippen LogP) is 2.18. The van der Waals surface area contributed by atoms with Gasteiger partial charge in [-0.1, -0.05) is 11.6 Å². The van der Waals surface area contributed by atoms with Crippen LogP contribution in [-0.2, 0) is 4.79 Å². The lowest BCUT2D eigenvalue weighted by atomic mass is 9.87. The van der Waals surface area contributed by atoms with E-state index in [1.165, 1.54) is 5.57 Å². The van der Waals surface area contributed by atoms with Gasteiger partial charge in [-0.15, -0.1) is 9.24 Å². The van der Waals surface area contributed by atoms with E-state index in [2.05, 4.69) is 22.2 Å². The van der Waals surface area contributed by atoms with Crippen molar-refractivity contribution < 1.29 is 4.79 Å². The van der Waals surface area contributed by atoms with Gasteiger partial charge >= 0.3 is 0 Å². The summed E-state index contributed by atoms with van der Waals surface area (Å²) in [5, 5.41) is 0. The fourth-order valence-electron chi connectivity index (χ4n) is 1.40. The number of carbonyl (C=O) groups is 1. The second-order valence-corrected chi connectivity index (χ2v) is 4.14. The molecule has 0 saturated heterocycles. The number of Topliss-reactive ketones (excluding diaryl/α,β-unsaturated/α-hetero) is 1. The van der Waals surface area contributed by atoms with Crippen molar-refractivity contribution in [3.63, 3.8) is 0 Å². The number of ketones is 1. The van der Waals surface area contributed by atoms with Crippen LogP contribution in [-0.4, -0.2) is 11.4 Å². The summed E-state index contributed by atoms with van der Waals surface area (Å²) in [6, 6.07) is 0. The molecule has 1 aliphatic rings. The quantitative estimate of drug-likeness (QED) is 0.435. The minimum Gasteiger partial charge on any atom is -0.300 e. The highest BCUT2D eigenvalue weighted by Crippen LogP contribution is 2.29. The van der Waals surface area contributed by atoms with Gasteiger partial charge in [0, 0.05) is 5.92 Å². The molecule has 1 aliphatic carbocycles. The Morgan fingerprint density at radius 2 is 2.36 bits per heavy atom. The fourth-order valence-corrected chi connectivity index (χ4v) is 1.86. The Kier molecular flexibility index (Phi) is 2.84. The normalized spacial score (nSPS) is 31.4. The van der Waals surface area contributed by atoms with Crippen LogP contribution in [0, 0.1) is 5.92 Å². The summed E-state index contributed by atoms with van der Waals surface area (Å²) in [7, 11) is 2.79. The molecule has 0 saturated carbocycles. The Morgan fingerprint density at radius 3 is 2.82 bits per heavy atom. The average molecular weight is 170 g/mol. The van der Waals surface area contributed by atoms with E-state index in [-0.39, 0.29) is 5.92 Å². The Morgan fingerprint density at radius 1 is 1.73 bits per heavy atom. The lowest BCUT2D eigenvalue weighted by molar-refractivity contribution is -0.120. The SMILES string of the molecule is CC(=O)[C@H]1CC=C(C)[C@@H](P)C1. The van der Waals surface area contributed by atoms with Gasteiger partial charge in [0.1, 0.15) is 5.78 Å². The van der Waals surface area contributed by atoms with Crippen molar-refractivity contribution >= 4 is 15.0 Å². The van der Waals surface area contributed by atoms with Crippen molar-refractivity contribution in [3.8, 4) is 0 Å². The van der Waals surface area contributed by atoms with Crippen molar-refractivity contribution in [1.29, 1.82) is 0 Å². The van der Waals surface area contributed by atoms with E-state index in [9.17, 15) is 4.79 Å². The van der Waals surface area contributed by atoms with E-state index in [0.29, 0.717) is 11.4 Å². The molecule has 1 rings (SSSR count). The minimum atomic E-state index is 0.279. The first-order valence-electron chi connectivity index (χ1n) is 4.04. The zero-order valence-electron chi connectivity index (χ0n) is 7.13. The first-order valence-corrected chi connectivity index (χ1v) is 4.70. The van der Waals surface area contributed by atoms with Gasteiger partial charge in [-0.25, -0.2) is 0 Å². The van der Waals surface area contributed by atoms with Crippen LogP contribution in [0.3, 0.4) is 0 Å². The molecular weight excluding hydrogens is 155 g/mol. The standard InChI is InChI=1S/C9H15OP/c1-6-3-4-8(7(2)10)5-9(6)11/h3,8-9H,4-5,11H2,1-2H3/t8-,9-/m0/s1. The van der Waals surface area contributed by atoms with Crippen LogP contribution < -0.4 is 0 Å². The molecule has 0 aromatic heterocycles. The van der Waals surface area contributed by atoms with Crippen molar-refractivity contribution in [1.82, 2.24) is 0 Å². The molecule has 3 atom stereocenters. The molecule has 2 heteroatoms. The maximum atomic E-state index is 11.0. The molecule has 0 heterocycles. The molecule has 0 spiro atoms. The molecule has 0 bridgehead atoms. The third kappa shape index (κ3) is 2.13. The van der Waals surface area contributed by atoms with Gasteiger partial charge in [0.05, 0.1) is 0 Å². The minimum absolute atomic E-state index is 0.279. The summed E-state index contributed by atoms with van der Waals surface area (Å²) in [6.45, 7) is 3.82. The van der Waals surface area contributed by atoms with E-state index in [1.807, 2.05) is 0 Å². The van der Waals surface area contributed by atoms with E-state index < -0.39 is 0 Å². The largest absolute Gasteiger partial charge is 0.300 e. The molecule has 11 heavy (non-hydrogen) atoms. The summed E-state index contributed by atoms with van der Waals surface area (Å²) in [6.07, 6.45) is 4.15. The number of hydrogen-bond acceptors (Lipinski definition) is 1. The Hall–Kier alpha value is -0.160. The zero-order valence-corrected chi connectivity index (χ0v) is 8.29. The maximum Gasteiger partial charge on any atom is 0.133 e. The van der Waals surface area contributed by atoms with Gasteiger partial charge in [0.25, 0.3) is 0 Å². The lowest BCUT2D eigenvalue weighted by Gasteiger charge is -2.23. The number of rotatable bonds is 1. The monoisotopic (exact) mass is 170 g/mol. The van der Waals surface area contributed by atoms with Gasteiger partial charge in [0.2, 0.25) is 0 Å². The lowest BCUT2D eigenvalue weighted by Crippen LogP contribution is -2.19. The van der Waals surface area contributed by atoms with E-state index in [4.69, 9.17) is 0 Å². The van der Waals surface area contributed by atoms with Gasteiger partial charge in [-0.2, -0.15) is 0 Å². The fraction of sp³-hybridized carbons (Fsp3) is 0.667. The van der Waals surface area contributed by atoms with E-state index in [1.54, 1.807) is 6.92 Å². The number of carbonyl (C=O) groups excluding carboxylic acids is 1. The number of allylic oxidation sites excluding steroid dienone is 2. The van der Waals surface area contributed by atoms with Crippen LogP contribution in [0.15, 0.2) is 11.6 Å². The van der Waals surface area contributed by atoms with Crippen LogP contribution >= 0.6 is 9.24 Å². The molecule has 0 aliphatic heterocycles. The smallest absolute Gasteiger partial charge is 0.133 e. The number of hydrogen-bond donors (Lipinski definition) is 0. The third-order valence-electron chi connectivity index (χ3n) is 2.42. The molecule has 0 aromatic rings. The molecule has 0 amide bonds. The highest BCUT2D eigenvalue weighted by molar-refractivity contribution is 7.18. The van der Waals surface area contributed by atoms with Crippen LogP contribution in [0.4, 0.5) is 0 Å². The molecule has 0 fully saturated rings. The van der Waals surface area contributed by atoms with E-state index >= 15 is 0 Å². The van der Waals surface area contributed by atoms with Crippen molar-refractivity contribution in [3.05, 3.63) is 11.6 Å². The highest BCUT2D eigenvalue weighted by Gasteiger charge is 2.21. The summed E-state index contributed by atoms with van der Waals surface area (Å²) in [4.78, 5) is 11.0. The van der Waals surface area contributed by atoms with E-state index in [0.717, 1.165) is 12.8 Å². The highest BCUT2D eigenvalue weighted by atomic mass is 31.0. The summed E-state index contributed by atoms with van der Waals surface area (Å²) in [5.74, 6) is 0.613. The van der Waals surface area contributed by atoms with Gasteiger partial charge in [-0.05, 0) is 32.3 Å². The second kappa shape index (κ2) is 3.49. The summed E-state index contributed by atoms with van der Waals surface area (Å²) >= 11 is 0. The average Bonchev–Trinajstić information content (AvgIpc) is 1.94. The van der Waals surface area contributed by atoms with Gasteiger partial charge in [0.15, 0.2) is 0 Å². The summed E-state index contributed by atoms with van der Waals surface area (Å²) in [5.41, 5.74) is 1.94. The van der Waals surface area contributed by atoms with Crippen molar-refractivity contribution in [2.75, 3.05) is 0 Å². The van der Waals surface area contributed by atoms with Gasteiger partial charge in [-0.3, -0.25) is 4.79 Å².